The first-order chi connectivity index (χ1) is 9.80. The Morgan fingerprint density at radius 1 is 1.10 bits per heavy atom. The topological polar surface area (TPSA) is 44.5 Å². The highest BCUT2D eigenvalue weighted by atomic mass is 16.5. The maximum Gasteiger partial charge on any atom is 0.124 e. The van der Waals surface area contributed by atoms with Gasteiger partial charge in [-0.25, -0.2) is 0 Å². The number of ether oxygens (including phenoxy) is 2. The monoisotopic (exact) mass is 291 g/mol. The Balaban J connectivity index is 2.26. The van der Waals surface area contributed by atoms with Gasteiger partial charge in [-0.2, -0.15) is 0 Å². The second-order valence-electron chi connectivity index (χ2n) is 7.36. The standard InChI is InChI=1S/C18H29NO2/c1-17(2,3)13-8-10-18(19,11-9-13)15-12-14(20-4)6-7-16(15)21-5/h6-7,12-13H,8-11,19H2,1-5H3. The van der Waals surface area contributed by atoms with Gasteiger partial charge in [0.2, 0.25) is 0 Å². The molecule has 1 aliphatic carbocycles. The second kappa shape index (κ2) is 5.88. The van der Waals surface area contributed by atoms with Crippen molar-refractivity contribution in [3.63, 3.8) is 0 Å². The van der Waals surface area contributed by atoms with Crippen LogP contribution in [0.2, 0.25) is 0 Å². The summed E-state index contributed by atoms with van der Waals surface area (Å²) in [7, 11) is 3.39. The van der Waals surface area contributed by atoms with E-state index in [1.807, 2.05) is 18.2 Å². The number of rotatable bonds is 3. The van der Waals surface area contributed by atoms with Crippen LogP contribution in [0.15, 0.2) is 18.2 Å². The van der Waals surface area contributed by atoms with Crippen molar-refractivity contribution in [2.24, 2.45) is 17.1 Å². The minimum absolute atomic E-state index is 0.304. The lowest BCUT2D eigenvalue weighted by Gasteiger charge is -2.42. The molecular weight excluding hydrogens is 262 g/mol. The average Bonchev–Trinajstić information content (AvgIpc) is 2.46. The molecule has 1 aromatic rings. The van der Waals surface area contributed by atoms with E-state index in [-0.39, 0.29) is 5.54 Å². The zero-order valence-corrected chi connectivity index (χ0v) is 14.0. The maximum absolute atomic E-state index is 6.75. The Kier molecular flexibility index (Phi) is 4.52. The normalized spacial score (nSPS) is 26.5. The van der Waals surface area contributed by atoms with Crippen molar-refractivity contribution in [2.45, 2.75) is 52.0 Å². The van der Waals surface area contributed by atoms with Gasteiger partial charge in [-0.15, -0.1) is 0 Å². The quantitative estimate of drug-likeness (QED) is 0.912. The molecule has 0 aliphatic heterocycles. The van der Waals surface area contributed by atoms with Gasteiger partial charge in [-0.1, -0.05) is 20.8 Å². The van der Waals surface area contributed by atoms with Crippen molar-refractivity contribution in [2.75, 3.05) is 14.2 Å². The van der Waals surface area contributed by atoms with Crippen molar-refractivity contribution in [1.82, 2.24) is 0 Å². The van der Waals surface area contributed by atoms with Gasteiger partial charge in [0.05, 0.1) is 14.2 Å². The smallest absolute Gasteiger partial charge is 0.124 e. The van der Waals surface area contributed by atoms with Crippen LogP contribution in [0.3, 0.4) is 0 Å². The van der Waals surface area contributed by atoms with Gasteiger partial charge >= 0.3 is 0 Å². The van der Waals surface area contributed by atoms with Crippen LogP contribution in [0, 0.1) is 11.3 Å². The number of hydrogen-bond acceptors (Lipinski definition) is 3. The summed E-state index contributed by atoms with van der Waals surface area (Å²) in [5, 5.41) is 0. The Morgan fingerprint density at radius 3 is 2.19 bits per heavy atom. The highest BCUT2D eigenvalue weighted by Gasteiger charge is 2.38. The summed E-state index contributed by atoms with van der Waals surface area (Å²) in [6.45, 7) is 6.98. The van der Waals surface area contributed by atoms with Crippen molar-refractivity contribution in [3.8, 4) is 11.5 Å². The highest BCUT2D eigenvalue weighted by molar-refractivity contribution is 5.44. The molecule has 0 heterocycles. The van der Waals surface area contributed by atoms with Gasteiger partial charge in [-0.05, 0) is 55.2 Å². The molecule has 2 N–H and O–H groups in total. The van der Waals surface area contributed by atoms with Crippen LogP contribution in [-0.2, 0) is 5.54 Å². The van der Waals surface area contributed by atoms with Crippen LogP contribution in [0.1, 0.15) is 52.0 Å². The van der Waals surface area contributed by atoms with E-state index in [1.54, 1.807) is 14.2 Å². The van der Waals surface area contributed by atoms with E-state index in [4.69, 9.17) is 15.2 Å². The summed E-state index contributed by atoms with van der Waals surface area (Å²) < 4.78 is 10.9. The van der Waals surface area contributed by atoms with E-state index in [2.05, 4.69) is 20.8 Å². The molecule has 3 heteroatoms. The molecule has 118 valence electrons. The fraction of sp³-hybridized carbons (Fsp3) is 0.667. The first kappa shape index (κ1) is 16.2. The van der Waals surface area contributed by atoms with Crippen molar-refractivity contribution >= 4 is 0 Å². The third-order valence-corrected chi connectivity index (χ3v) is 5.05. The lowest BCUT2D eigenvalue weighted by Crippen LogP contribution is -2.42. The van der Waals surface area contributed by atoms with Crippen molar-refractivity contribution in [3.05, 3.63) is 23.8 Å². The van der Waals surface area contributed by atoms with Gasteiger partial charge in [-0.3, -0.25) is 0 Å². The predicted octanol–water partition coefficient (Wildman–Crippen LogP) is 4.09. The van der Waals surface area contributed by atoms with Gasteiger partial charge in [0.1, 0.15) is 11.5 Å². The van der Waals surface area contributed by atoms with Gasteiger partial charge in [0.25, 0.3) is 0 Å². The van der Waals surface area contributed by atoms with Crippen LogP contribution in [0.25, 0.3) is 0 Å². The minimum Gasteiger partial charge on any atom is -0.497 e. The van der Waals surface area contributed by atoms with Crippen LogP contribution in [-0.4, -0.2) is 14.2 Å². The van der Waals surface area contributed by atoms with E-state index in [0.717, 1.165) is 35.8 Å². The molecule has 2 rings (SSSR count). The lowest BCUT2D eigenvalue weighted by atomic mass is 9.66. The molecule has 1 saturated carbocycles. The molecule has 0 amide bonds. The van der Waals surface area contributed by atoms with Crippen LogP contribution in [0.5, 0.6) is 11.5 Å². The summed E-state index contributed by atoms with van der Waals surface area (Å²) in [4.78, 5) is 0. The SMILES string of the molecule is COc1ccc(OC)c(C2(N)CCC(C(C)(C)C)CC2)c1. The third kappa shape index (κ3) is 3.34. The van der Waals surface area contributed by atoms with E-state index >= 15 is 0 Å². The lowest BCUT2D eigenvalue weighted by molar-refractivity contribution is 0.132. The molecule has 0 radical (unpaired) electrons. The molecule has 0 bridgehead atoms. The molecular formula is C18H29NO2. The summed E-state index contributed by atoms with van der Waals surface area (Å²) in [5.74, 6) is 2.45. The Hall–Kier alpha value is -1.22. The molecule has 0 spiro atoms. The van der Waals surface area contributed by atoms with Gasteiger partial charge < -0.3 is 15.2 Å². The van der Waals surface area contributed by atoms with E-state index in [9.17, 15) is 0 Å². The molecule has 3 nitrogen and oxygen atoms in total. The molecule has 0 atom stereocenters. The van der Waals surface area contributed by atoms with Crippen LogP contribution >= 0.6 is 0 Å². The highest BCUT2D eigenvalue weighted by Crippen LogP contribution is 2.46. The minimum atomic E-state index is -0.304. The fourth-order valence-corrected chi connectivity index (χ4v) is 3.47. The summed E-state index contributed by atoms with van der Waals surface area (Å²) in [6.07, 6.45) is 4.33. The summed E-state index contributed by atoms with van der Waals surface area (Å²) in [6, 6.07) is 5.92. The number of nitrogens with two attached hydrogens (primary N) is 1. The van der Waals surface area contributed by atoms with E-state index in [1.165, 1.54) is 12.8 Å². The van der Waals surface area contributed by atoms with Crippen molar-refractivity contribution in [1.29, 1.82) is 0 Å². The van der Waals surface area contributed by atoms with Gasteiger partial charge in [0.15, 0.2) is 0 Å². The fourth-order valence-electron chi connectivity index (χ4n) is 3.47. The molecule has 0 unspecified atom stereocenters. The first-order valence-corrected chi connectivity index (χ1v) is 7.81. The Bertz CT molecular complexity index is 482. The molecule has 1 aliphatic rings. The molecule has 0 saturated heterocycles. The molecule has 0 aromatic heterocycles. The number of hydrogen-bond donors (Lipinski definition) is 1. The largest absolute Gasteiger partial charge is 0.497 e. The zero-order chi connectivity index (χ0) is 15.7. The van der Waals surface area contributed by atoms with E-state index in [0.29, 0.717) is 5.41 Å². The van der Waals surface area contributed by atoms with Gasteiger partial charge in [0, 0.05) is 11.1 Å². The maximum atomic E-state index is 6.75. The van der Waals surface area contributed by atoms with Crippen molar-refractivity contribution < 1.29 is 9.47 Å². The average molecular weight is 291 g/mol. The predicted molar refractivity (Wildman–Crippen MR) is 86.8 cm³/mol. The number of benzene rings is 1. The summed E-state index contributed by atoms with van der Waals surface area (Å²) >= 11 is 0. The molecule has 1 fully saturated rings. The third-order valence-electron chi connectivity index (χ3n) is 5.05. The Morgan fingerprint density at radius 2 is 1.71 bits per heavy atom. The molecule has 1 aromatic carbocycles. The van der Waals surface area contributed by atoms with Crippen LogP contribution < -0.4 is 15.2 Å². The Labute approximate surface area is 128 Å². The first-order valence-electron chi connectivity index (χ1n) is 7.81. The zero-order valence-electron chi connectivity index (χ0n) is 14.0. The second-order valence-corrected chi connectivity index (χ2v) is 7.36. The number of methoxy groups -OCH3 is 2. The molecule has 21 heavy (non-hydrogen) atoms. The summed E-state index contributed by atoms with van der Waals surface area (Å²) in [5.41, 5.74) is 7.89. The van der Waals surface area contributed by atoms with Crippen LogP contribution in [0.4, 0.5) is 0 Å². The van der Waals surface area contributed by atoms with E-state index < -0.39 is 0 Å².